The van der Waals surface area contributed by atoms with Crippen molar-refractivity contribution < 1.29 is 4.79 Å². The summed E-state index contributed by atoms with van der Waals surface area (Å²) in [6.45, 7) is 2.75. The van der Waals surface area contributed by atoms with Crippen LogP contribution in [0.5, 0.6) is 0 Å². The highest BCUT2D eigenvalue weighted by Gasteiger charge is 2.17. The van der Waals surface area contributed by atoms with E-state index in [1.165, 1.54) is 16.9 Å². The third-order valence-electron chi connectivity index (χ3n) is 5.15. The Hall–Kier alpha value is -3.32. The summed E-state index contributed by atoms with van der Waals surface area (Å²) in [4.78, 5) is 34.4. The summed E-state index contributed by atoms with van der Waals surface area (Å²) in [6, 6.07) is 13.1. The number of carbonyl (C=O) groups is 1. The average Bonchev–Trinajstić information content (AvgIpc) is 3.38. The van der Waals surface area contributed by atoms with Gasteiger partial charge in [-0.15, -0.1) is 11.3 Å². The molecular formula is C22H18N4O2S. The molecule has 0 unspecified atom stereocenters. The van der Waals surface area contributed by atoms with Gasteiger partial charge in [-0.25, -0.2) is 9.97 Å². The molecule has 0 saturated carbocycles. The van der Waals surface area contributed by atoms with Crippen LogP contribution in [0, 0.1) is 6.92 Å². The number of fused-ring (bicyclic) bond motifs is 2. The molecule has 4 aromatic rings. The van der Waals surface area contributed by atoms with Crippen LogP contribution in [-0.4, -0.2) is 20.4 Å². The predicted molar refractivity (Wildman–Crippen MR) is 115 cm³/mol. The number of hydrogen-bond acceptors (Lipinski definition) is 5. The standard InChI is InChI=1S/C22H18N4O2S/c1-13-4-6-14(7-5-13)18-12-29-22(24-18)25-20(27)15-8-9-16-17(11-15)23-19-3-2-10-26(19)21(16)28/h4-9,11-12H,2-3,10H2,1H3,(H,24,25,27). The van der Waals surface area contributed by atoms with E-state index < -0.39 is 0 Å². The molecule has 0 spiro atoms. The minimum atomic E-state index is -0.265. The first-order valence-electron chi connectivity index (χ1n) is 9.46. The van der Waals surface area contributed by atoms with Crippen LogP contribution in [-0.2, 0) is 13.0 Å². The molecule has 1 aliphatic rings. The zero-order valence-corrected chi connectivity index (χ0v) is 16.6. The Kier molecular flexibility index (Phi) is 4.24. The van der Waals surface area contributed by atoms with E-state index >= 15 is 0 Å². The Bertz CT molecular complexity index is 1300. The zero-order valence-electron chi connectivity index (χ0n) is 15.8. The Morgan fingerprint density at radius 1 is 1.14 bits per heavy atom. The summed E-state index contributed by atoms with van der Waals surface area (Å²) in [5.41, 5.74) is 4.02. The van der Waals surface area contributed by atoms with E-state index in [0.29, 0.717) is 28.1 Å². The van der Waals surface area contributed by atoms with Crippen molar-refractivity contribution in [2.75, 3.05) is 5.32 Å². The molecule has 0 bridgehead atoms. The molecule has 1 amide bonds. The number of nitrogens with zero attached hydrogens (tertiary/aromatic N) is 3. The monoisotopic (exact) mass is 402 g/mol. The minimum Gasteiger partial charge on any atom is -0.298 e. The van der Waals surface area contributed by atoms with Gasteiger partial charge in [0.25, 0.3) is 11.5 Å². The molecule has 0 radical (unpaired) electrons. The van der Waals surface area contributed by atoms with Crippen LogP contribution < -0.4 is 10.9 Å². The highest BCUT2D eigenvalue weighted by molar-refractivity contribution is 7.14. The number of carbonyl (C=O) groups excluding carboxylic acids is 1. The van der Waals surface area contributed by atoms with Crippen LogP contribution in [0.2, 0.25) is 0 Å². The lowest BCUT2D eigenvalue weighted by atomic mass is 10.1. The first-order chi connectivity index (χ1) is 14.1. The van der Waals surface area contributed by atoms with Gasteiger partial charge < -0.3 is 0 Å². The Morgan fingerprint density at radius 3 is 2.79 bits per heavy atom. The van der Waals surface area contributed by atoms with Gasteiger partial charge in [0.05, 0.1) is 16.6 Å². The topological polar surface area (TPSA) is 76.9 Å². The van der Waals surface area contributed by atoms with Crippen molar-refractivity contribution in [3.63, 3.8) is 0 Å². The maximum absolute atomic E-state index is 12.7. The molecule has 0 saturated heterocycles. The molecule has 3 heterocycles. The number of thiazole rings is 1. The molecule has 6 nitrogen and oxygen atoms in total. The van der Waals surface area contributed by atoms with Crippen molar-refractivity contribution >= 4 is 33.3 Å². The second-order valence-corrected chi connectivity index (χ2v) is 8.04. The molecule has 5 rings (SSSR count). The van der Waals surface area contributed by atoms with Crippen molar-refractivity contribution in [2.45, 2.75) is 26.3 Å². The SMILES string of the molecule is Cc1ccc(-c2csc(NC(=O)c3ccc4c(=O)n5c(nc4c3)CCC5)n2)cc1. The van der Waals surface area contributed by atoms with Crippen LogP contribution >= 0.6 is 11.3 Å². The van der Waals surface area contributed by atoms with E-state index in [9.17, 15) is 9.59 Å². The third-order valence-corrected chi connectivity index (χ3v) is 5.91. The molecule has 2 aromatic carbocycles. The second-order valence-electron chi connectivity index (χ2n) is 7.18. The molecule has 0 fully saturated rings. The van der Waals surface area contributed by atoms with Crippen LogP contribution in [0.4, 0.5) is 5.13 Å². The fourth-order valence-corrected chi connectivity index (χ4v) is 4.30. The van der Waals surface area contributed by atoms with Crippen molar-refractivity contribution in [3.05, 3.63) is 75.1 Å². The number of anilines is 1. The number of hydrogen-bond donors (Lipinski definition) is 1. The number of aryl methyl sites for hydroxylation is 2. The summed E-state index contributed by atoms with van der Waals surface area (Å²) in [7, 11) is 0. The summed E-state index contributed by atoms with van der Waals surface area (Å²) in [5, 5.41) is 5.85. The molecule has 29 heavy (non-hydrogen) atoms. The predicted octanol–water partition coefficient (Wildman–Crippen LogP) is 4.03. The van der Waals surface area contributed by atoms with Gasteiger partial charge in [-0.05, 0) is 31.5 Å². The van der Waals surface area contributed by atoms with E-state index in [4.69, 9.17) is 0 Å². The molecular weight excluding hydrogens is 384 g/mol. The highest BCUT2D eigenvalue weighted by Crippen LogP contribution is 2.25. The maximum Gasteiger partial charge on any atom is 0.261 e. The first kappa shape index (κ1) is 17.8. The van der Waals surface area contributed by atoms with Gasteiger partial charge in [-0.1, -0.05) is 29.8 Å². The molecule has 1 N–H and O–H groups in total. The molecule has 0 atom stereocenters. The van der Waals surface area contributed by atoms with Gasteiger partial charge in [-0.3, -0.25) is 19.5 Å². The van der Waals surface area contributed by atoms with Gasteiger partial charge in [0.2, 0.25) is 0 Å². The molecule has 2 aromatic heterocycles. The first-order valence-corrected chi connectivity index (χ1v) is 10.3. The summed E-state index contributed by atoms with van der Waals surface area (Å²) >= 11 is 1.38. The summed E-state index contributed by atoms with van der Waals surface area (Å²) < 4.78 is 1.73. The molecule has 0 aliphatic carbocycles. The van der Waals surface area contributed by atoms with E-state index in [1.54, 1.807) is 22.8 Å². The fraction of sp³-hybridized carbons (Fsp3) is 0.182. The lowest BCUT2D eigenvalue weighted by Crippen LogP contribution is -2.21. The lowest BCUT2D eigenvalue weighted by molar-refractivity contribution is 0.102. The quantitative estimate of drug-likeness (QED) is 0.561. The van der Waals surface area contributed by atoms with Crippen molar-refractivity contribution in [2.24, 2.45) is 0 Å². The lowest BCUT2D eigenvalue weighted by Gasteiger charge is -2.07. The van der Waals surface area contributed by atoms with Crippen LogP contribution in [0.1, 0.15) is 28.2 Å². The van der Waals surface area contributed by atoms with Gasteiger partial charge in [0, 0.05) is 29.5 Å². The number of aromatic nitrogens is 3. The smallest absolute Gasteiger partial charge is 0.261 e. The van der Waals surface area contributed by atoms with E-state index in [2.05, 4.69) is 15.3 Å². The summed E-state index contributed by atoms with van der Waals surface area (Å²) in [6.07, 6.45) is 1.72. The zero-order chi connectivity index (χ0) is 20.0. The van der Waals surface area contributed by atoms with E-state index in [0.717, 1.165) is 29.9 Å². The third kappa shape index (κ3) is 3.23. The van der Waals surface area contributed by atoms with E-state index in [-0.39, 0.29) is 11.5 Å². The Labute approximate surface area is 170 Å². The number of rotatable bonds is 3. The van der Waals surface area contributed by atoms with E-state index in [1.807, 2.05) is 36.6 Å². The number of benzene rings is 2. The number of nitrogens with one attached hydrogen (secondary N) is 1. The minimum absolute atomic E-state index is 0.0304. The van der Waals surface area contributed by atoms with Crippen LogP contribution in [0.15, 0.2) is 52.6 Å². The van der Waals surface area contributed by atoms with Gasteiger partial charge >= 0.3 is 0 Å². The van der Waals surface area contributed by atoms with Crippen molar-refractivity contribution in [1.29, 1.82) is 0 Å². The maximum atomic E-state index is 12.7. The molecule has 7 heteroatoms. The van der Waals surface area contributed by atoms with Crippen LogP contribution in [0.3, 0.4) is 0 Å². The largest absolute Gasteiger partial charge is 0.298 e. The van der Waals surface area contributed by atoms with Gasteiger partial charge in [0.1, 0.15) is 5.82 Å². The van der Waals surface area contributed by atoms with Gasteiger partial charge in [0.15, 0.2) is 5.13 Å². The number of amides is 1. The molecule has 1 aliphatic heterocycles. The fourth-order valence-electron chi connectivity index (χ4n) is 3.58. The summed E-state index contributed by atoms with van der Waals surface area (Å²) in [5.74, 6) is 0.529. The van der Waals surface area contributed by atoms with Crippen molar-refractivity contribution in [3.8, 4) is 11.3 Å². The average molecular weight is 402 g/mol. The molecule has 144 valence electrons. The normalized spacial score (nSPS) is 12.9. The highest BCUT2D eigenvalue weighted by atomic mass is 32.1. The van der Waals surface area contributed by atoms with Crippen molar-refractivity contribution in [1.82, 2.24) is 14.5 Å². The Balaban J connectivity index is 1.41. The van der Waals surface area contributed by atoms with Crippen LogP contribution in [0.25, 0.3) is 22.2 Å². The Morgan fingerprint density at radius 2 is 1.97 bits per heavy atom. The van der Waals surface area contributed by atoms with Gasteiger partial charge in [-0.2, -0.15) is 0 Å². The second kappa shape index (κ2) is 6.93.